The molecule has 0 amide bonds. The van der Waals surface area contributed by atoms with Gasteiger partial charge in [-0.15, -0.1) is 11.3 Å². The number of hydrogen-bond acceptors (Lipinski definition) is 4. The molecular weight excluding hydrogens is 256 g/mol. The van der Waals surface area contributed by atoms with Crippen LogP contribution in [-0.4, -0.2) is 11.6 Å². The van der Waals surface area contributed by atoms with Crippen molar-refractivity contribution in [2.75, 3.05) is 12.3 Å². The lowest BCUT2D eigenvalue weighted by Crippen LogP contribution is -1.90. The molecule has 19 heavy (non-hydrogen) atoms. The molecule has 2 aromatic carbocycles. The first-order valence-electron chi connectivity index (χ1n) is 6.16. The van der Waals surface area contributed by atoms with Crippen LogP contribution in [0.2, 0.25) is 0 Å². The van der Waals surface area contributed by atoms with E-state index in [4.69, 9.17) is 10.5 Å². The molecule has 0 aliphatic rings. The van der Waals surface area contributed by atoms with Gasteiger partial charge in [0, 0.05) is 5.56 Å². The van der Waals surface area contributed by atoms with Gasteiger partial charge in [-0.2, -0.15) is 0 Å². The summed E-state index contributed by atoms with van der Waals surface area (Å²) in [6, 6.07) is 13.8. The molecule has 1 aromatic heterocycles. The van der Waals surface area contributed by atoms with Crippen LogP contribution >= 0.6 is 11.3 Å². The molecule has 0 radical (unpaired) electrons. The number of fused-ring (bicyclic) bond motifs is 1. The maximum absolute atomic E-state index is 5.96. The van der Waals surface area contributed by atoms with Crippen molar-refractivity contribution in [2.45, 2.75) is 6.92 Å². The molecule has 0 bridgehead atoms. The van der Waals surface area contributed by atoms with Gasteiger partial charge in [0.1, 0.15) is 10.8 Å². The van der Waals surface area contributed by atoms with Crippen molar-refractivity contribution < 1.29 is 4.74 Å². The number of benzene rings is 2. The Balaban J connectivity index is 2.01. The Bertz CT molecular complexity index is 704. The van der Waals surface area contributed by atoms with Crippen LogP contribution < -0.4 is 10.5 Å². The van der Waals surface area contributed by atoms with Gasteiger partial charge in [-0.3, -0.25) is 0 Å². The van der Waals surface area contributed by atoms with Crippen molar-refractivity contribution in [2.24, 2.45) is 0 Å². The molecule has 4 heteroatoms. The van der Waals surface area contributed by atoms with Crippen molar-refractivity contribution in [3.05, 3.63) is 42.5 Å². The smallest absolute Gasteiger partial charge is 0.124 e. The van der Waals surface area contributed by atoms with Gasteiger partial charge in [0.25, 0.3) is 0 Å². The van der Waals surface area contributed by atoms with Gasteiger partial charge >= 0.3 is 0 Å². The van der Waals surface area contributed by atoms with E-state index in [2.05, 4.69) is 4.98 Å². The molecule has 0 saturated carbocycles. The summed E-state index contributed by atoms with van der Waals surface area (Å²) in [7, 11) is 0. The third kappa shape index (κ3) is 2.27. The van der Waals surface area contributed by atoms with Gasteiger partial charge in [-0.1, -0.05) is 6.07 Å². The Kier molecular flexibility index (Phi) is 3.09. The first kappa shape index (κ1) is 12.0. The summed E-state index contributed by atoms with van der Waals surface area (Å²) in [6.07, 6.45) is 0. The molecule has 96 valence electrons. The van der Waals surface area contributed by atoms with Crippen molar-refractivity contribution in [3.63, 3.8) is 0 Å². The monoisotopic (exact) mass is 270 g/mol. The molecule has 3 rings (SSSR count). The standard InChI is InChI=1S/C15H14N2OS/c1-2-18-11-8-6-10(7-9-11)15-17-13-5-3-4-12(16)14(13)19-15/h3-9H,2,16H2,1H3. The zero-order valence-corrected chi connectivity index (χ0v) is 11.4. The molecule has 0 atom stereocenters. The van der Waals surface area contributed by atoms with Crippen LogP contribution in [0.1, 0.15) is 6.92 Å². The summed E-state index contributed by atoms with van der Waals surface area (Å²) in [5.74, 6) is 0.881. The fraction of sp³-hybridized carbons (Fsp3) is 0.133. The maximum atomic E-state index is 5.96. The number of aromatic nitrogens is 1. The van der Waals surface area contributed by atoms with E-state index in [9.17, 15) is 0 Å². The molecule has 0 aliphatic heterocycles. The van der Waals surface area contributed by atoms with Crippen LogP contribution in [0.3, 0.4) is 0 Å². The van der Waals surface area contributed by atoms with E-state index >= 15 is 0 Å². The number of rotatable bonds is 3. The molecule has 0 spiro atoms. The van der Waals surface area contributed by atoms with Crippen LogP contribution in [0, 0.1) is 0 Å². The van der Waals surface area contributed by atoms with Crippen molar-refractivity contribution in [1.82, 2.24) is 4.98 Å². The minimum Gasteiger partial charge on any atom is -0.494 e. The van der Waals surface area contributed by atoms with Gasteiger partial charge in [0.05, 0.1) is 22.5 Å². The fourth-order valence-electron chi connectivity index (χ4n) is 1.95. The Labute approximate surface area is 115 Å². The largest absolute Gasteiger partial charge is 0.494 e. The van der Waals surface area contributed by atoms with Gasteiger partial charge < -0.3 is 10.5 Å². The highest BCUT2D eigenvalue weighted by Crippen LogP contribution is 2.33. The molecule has 0 fully saturated rings. The van der Waals surface area contributed by atoms with Gasteiger partial charge in [-0.25, -0.2) is 4.98 Å². The van der Waals surface area contributed by atoms with E-state index in [1.807, 2.05) is 49.4 Å². The SMILES string of the molecule is CCOc1ccc(-c2nc3cccc(N)c3s2)cc1. The number of nitrogens with two attached hydrogens (primary N) is 1. The third-order valence-electron chi connectivity index (χ3n) is 2.86. The van der Waals surface area contributed by atoms with E-state index in [0.717, 1.165) is 32.2 Å². The van der Waals surface area contributed by atoms with Crippen molar-refractivity contribution in [3.8, 4) is 16.3 Å². The predicted octanol–water partition coefficient (Wildman–Crippen LogP) is 3.94. The third-order valence-corrected chi connectivity index (χ3v) is 4.03. The van der Waals surface area contributed by atoms with Crippen LogP contribution in [0.15, 0.2) is 42.5 Å². The minimum absolute atomic E-state index is 0.678. The van der Waals surface area contributed by atoms with E-state index in [1.54, 1.807) is 11.3 Å². The molecule has 0 saturated heterocycles. The number of anilines is 1. The zero-order valence-electron chi connectivity index (χ0n) is 10.6. The lowest BCUT2D eigenvalue weighted by atomic mass is 10.2. The molecule has 0 unspecified atom stereocenters. The van der Waals surface area contributed by atoms with Gasteiger partial charge in [0.15, 0.2) is 0 Å². The number of nitrogens with zero attached hydrogens (tertiary/aromatic N) is 1. The number of ether oxygens (including phenoxy) is 1. The summed E-state index contributed by atoms with van der Waals surface area (Å²) >= 11 is 1.62. The predicted molar refractivity (Wildman–Crippen MR) is 80.6 cm³/mol. The van der Waals surface area contributed by atoms with E-state index in [-0.39, 0.29) is 0 Å². The second kappa shape index (κ2) is 4.90. The summed E-state index contributed by atoms with van der Waals surface area (Å²) in [5.41, 5.74) is 8.79. The van der Waals surface area contributed by atoms with E-state index in [1.165, 1.54) is 0 Å². The van der Waals surface area contributed by atoms with Gasteiger partial charge in [-0.05, 0) is 43.3 Å². The normalized spacial score (nSPS) is 10.8. The highest BCUT2D eigenvalue weighted by Gasteiger charge is 2.08. The molecule has 1 heterocycles. The van der Waals surface area contributed by atoms with Gasteiger partial charge in [0.2, 0.25) is 0 Å². The average molecular weight is 270 g/mol. The number of nitrogen functional groups attached to an aromatic ring is 1. The topological polar surface area (TPSA) is 48.1 Å². The fourth-order valence-corrected chi connectivity index (χ4v) is 2.95. The molecule has 0 aliphatic carbocycles. The van der Waals surface area contributed by atoms with Crippen LogP contribution in [-0.2, 0) is 0 Å². The second-order valence-corrected chi connectivity index (χ2v) is 5.17. The van der Waals surface area contributed by atoms with Crippen LogP contribution in [0.4, 0.5) is 5.69 Å². The second-order valence-electron chi connectivity index (χ2n) is 4.17. The quantitative estimate of drug-likeness (QED) is 0.733. The average Bonchev–Trinajstić information content (AvgIpc) is 2.85. The van der Waals surface area contributed by atoms with Crippen LogP contribution in [0.5, 0.6) is 5.75 Å². The van der Waals surface area contributed by atoms with Crippen molar-refractivity contribution in [1.29, 1.82) is 0 Å². The Hall–Kier alpha value is -2.07. The first-order chi connectivity index (χ1) is 9.28. The van der Waals surface area contributed by atoms with E-state index in [0.29, 0.717) is 6.61 Å². The molecule has 2 N–H and O–H groups in total. The Morgan fingerprint density at radius 2 is 1.95 bits per heavy atom. The molecular formula is C15H14N2OS. The first-order valence-corrected chi connectivity index (χ1v) is 6.98. The minimum atomic E-state index is 0.678. The lowest BCUT2D eigenvalue weighted by Gasteiger charge is -2.02. The summed E-state index contributed by atoms with van der Waals surface area (Å²) in [4.78, 5) is 4.62. The highest BCUT2D eigenvalue weighted by molar-refractivity contribution is 7.22. The summed E-state index contributed by atoms with van der Waals surface area (Å²) < 4.78 is 6.49. The molecule has 3 nitrogen and oxygen atoms in total. The Morgan fingerprint density at radius 3 is 2.63 bits per heavy atom. The molecule has 3 aromatic rings. The van der Waals surface area contributed by atoms with Crippen molar-refractivity contribution >= 4 is 27.2 Å². The highest BCUT2D eigenvalue weighted by atomic mass is 32.1. The Morgan fingerprint density at radius 1 is 1.16 bits per heavy atom. The summed E-state index contributed by atoms with van der Waals surface area (Å²) in [6.45, 7) is 2.65. The maximum Gasteiger partial charge on any atom is 0.124 e. The van der Waals surface area contributed by atoms with Crippen LogP contribution in [0.25, 0.3) is 20.8 Å². The summed E-state index contributed by atoms with van der Waals surface area (Å²) in [5, 5.41) is 0.982. The van der Waals surface area contributed by atoms with E-state index < -0.39 is 0 Å². The zero-order chi connectivity index (χ0) is 13.2. The number of thiazole rings is 1. The lowest BCUT2D eigenvalue weighted by molar-refractivity contribution is 0.340. The number of hydrogen-bond donors (Lipinski definition) is 1.